The predicted molar refractivity (Wildman–Crippen MR) is 57.1 cm³/mol. The maximum atomic E-state index is 11.3. The summed E-state index contributed by atoms with van der Waals surface area (Å²) in [6.07, 6.45) is 5.03. The molecule has 1 rings (SSSR count). The maximum Gasteiger partial charge on any atom is 0.233 e. The summed E-state index contributed by atoms with van der Waals surface area (Å²) in [7, 11) is 0. The van der Waals surface area contributed by atoms with Gasteiger partial charge in [0.15, 0.2) is 0 Å². The number of carbonyl (C=O) groups is 2. The molecule has 1 aliphatic carbocycles. The molecule has 5 nitrogen and oxygen atoms in total. The second-order valence-corrected chi connectivity index (χ2v) is 3.93. The van der Waals surface area contributed by atoms with Crippen LogP contribution in [0.4, 0.5) is 0 Å². The highest BCUT2D eigenvalue weighted by Gasteiger charge is 2.14. The molecule has 0 heterocycles. The van der Waals surface area contributed by atoms with Gasteiger partial charge in [-0.2, -0.15) is 0 Å². The second kappa shape index (κ2) is 6.40. The van der Waals surface area contributed by atoms with Gasteiger partial charge >= 0.3 is 0 Å². The molecule has 0 atom stereocenters. The van der Waals surface area contributed by atoms with Gasteiger partial charge in [0.1, 0.15) is 0 Å². The van der Waals surface area contributed by atoms with E-state index in [2.05, 4.69) is 10.6 Å². The fourth-order valence-corrected chi connectivity index (χ4v) is 1.75. The minimum atomic E-state index is -0.390. The molecule has 0 radical (unpaired) electrons. The Kier molecular flexibility index (Phi) is 5.10. The number of rotatable bonds is 6. The Labute approximate surface area is 89.8 Å². The van der Waals surface area contributed by atoms with Gasteiger partial charge in [-0.1, -0.05) is 12.8 Å². The summed E-state index contributed by atoms with van der Waals surface area (Å²) in [6.45, 7) is 0.671. The molecule has 0 aromatic heterocycles. The van der Waals surface area contributed by atoms with E-state index < -0.39 is 0 Å². The molecule has 0 aromatic rings. The van der Waals surface area contributed by atoms with Crippen molar-refractivity contribution in [3.05, 3.63) is 0 Å². The van der Waals surface area contributed by atoms with Gasteiger partial charge in [0.25, 0.3) is 0 Å². The first kappa shape index (κ1) is 12.0. The van der Waals surface area contributed by atoms with Crippen LogP contribution in [0, 0.1) is 0 Å². The lowest BCUT2D eigenvalue weighted by Gasteiger charge is -2.11. The maximum absolute atomic E-state index is 11.3. The lowest BCUT2D eigenvalue weighted by atomic mass is 10.2. The SMILES string of the molecule is NC(=O)CCNC(=O)CNC1CCCC1. The molecule has 15 heavy (non-hydrogen) atoms. The third-order valence-electron chi connectivity index (χ3n) is 2.60. The summed E-state index contributed by atoms with van der Waals surface area (Å²) in [5.41, 5.74) is 4.95. The fourth-order valence-electron chi connectivity index (χ4n) is 1.75. The van der Waals surface area contributed by atoms with E-state index in [1.807, 2.05) is 0 Å². The van der Waals surface area contributed by atoms with Crippen LogP contribution < -0.4 is 16.4 Å². The van der Waals surface area contributed by atoms with Crippen LogP contribution in [0.15, 0.2) is 0 Å². The van der Waals surface area contributed by atoms with Crippen LogP contribution in [0.25, 0.3) is 0 Å². The van der Waals surface area contributed by atoms with Crippen LogP contribution in [-0.4, -0.2) is 30.9 Å². The zero-order valence-corrected chi connectivity index (χ0v) is 8.92. The smallest absolute Gasteiger partial charge is 0.233 e. The van der Waals surface area contributed by atoms with Crippen molar-refractivity contribution in [3.63, 3.8) is 0 Å². The molecule has 5 heteroatoms. The van der Waals surface area contributed by atoms with Crippen LogP contribution in [0.3, 0.4) is 0 Å². The number of carbonyl (C=O) groups excluding carboxylic acids is 2. The molecular formula is C10H19N3O2. The number of nitrogens with two attached hydrogens (primary N) is 1. The summed E-state index contributed by atoms with van der Waals surface area (Å²) >= 11 is 0. The van der Waals surface area contributed by atoms with Gasteiger partial charge in [0, 0.05) is 19.0 Å². The lowest BCUT2D eigenvalue weighted by Crippen LogP contribution is -2.39. The molecular weight excluding hydrogens is 194 g/mol. The lowest BCUT2D eigenvalue weighted by molar-refractivity contribution is -0.120. The van der Waals surface area contributed by atoms with Crippen molar-refractivity contribution in [2.75, 3.05) is 13.1 Å². The summed E-state index contributed by atoms with van der Waals surface area (Å²) in [6, 6.07) is 0.492. The average molecular weight is 213 g/mol. The number of nitrogens with one attached hydrogen (secondary N) is 2. The third-order valence-corrected chi connectivity index (χ3v) is 2.60. The van der Waals surface area contributed by atoms with Crippen molar-refractivity contribution >= 4 is 11.8 Å². The summed E-state index contributed by atoms with van der Waals surface area (Å²) < 4.78 is 0. The zero-order chi connectivity index (χ0) is 11.1. The van der Waals surface area contributed by atoms with E-state index >= 15 is 0 Å². The van der Waals surface area contributed by atoms with Crippen molar-refractivity contribution in [2.24, 2.45) is 5.73 Å². The van der Waals surface area contributed by atoms with E-state index in [1.165, 1.54) is 12.8 Å². The van der Waals surface area contributed by atoms with Crippen molar-refractivity contribution in [2.45, 2.75) is 38.1 Å². The van der Waals surface area contributed by atoms with Gasteiger partial charge in [-0.3, -0.25) is 9.59 Å². The second-order valence-electron chi connectivity index (χ2n) is 3.93. The van der Waals surface area contributed by atoms with E-state index in [1.54, 1.807) is 0 Å². The van der Waals surface area contributed by atoms with E-state index in [4.69, 9.17) is 5.73 Å². The molecule has 0 aliphatic heterocycles. The number of hydrogen-bond acceptors (Lipinski definition) is 3. The first-order chi connectivity index (χ1) is 7.18. The molecule has 1 fully saturated rings. The third kappa shape index (κ3) is 5.37. The zero-order valence-electron chi connectivity index (χ0n) is 8.92. The highest BCUT2D eigenvalue weighted by molar-refractivity contribution is 5.79. The minimum Gasteiger partial charge on any atom is -0.370 e. The van der Waals surface area contributed by atoms with Crippen LogP contribution in [0.2, 0.25) is 0 Å². The van der Waals surface area contributed by atoms with Crippen LogP contribution in [0.1, 0.15) is 32.1 Å². The Hall–Kier alpha value is -1.10. The van der Waals surface area contributed by atoms with E-state index in [9.17, 15) is 9.59 Å². The number of amides is 2. The van der Waals surface area contributed by atoms with Crippen molar-refractivity contribution in [1.82, 2.24) is 10.6 Å². The largest absolute Gasteiger partial charge is 0.370 e. The van der Waals surface area contributed by atoms with Gasteiger partial charge in [-0.25, -0.2) is 0 Å². The highest BCUT2D eigenvalue weighted by atomic mass is 16.2. The van der Waals surface area contributed by atoms with Gasteiger partial charge in [0.2, 0.25) is 11.8 Å². The number of primary amides is 1. The van der Waals surface area contributed by atoms with Gasteiger partial charge in [0.05, 0.1) is 6.54 Å². The quantitative estimate of drug-likeness (QED) is 0.556. The van der Waals surface area contributed by atoms with Crippen LogP contribution >= 0.6 is 0 Å². The average Bonchev–Trinajstić information content (AvgIpc) is 2.66. The van der Waals surface area contributed by atoms with Gasteiger partial charge in [-0.15, -0.1) is 0 Å². The minimum absolute atomic E-state index is 0.0665. The van der Waals surface area contributed by atoms with Crippen LogP contribution in [0.5, 0.6) is 0 Å². The molecule has 1 saturated carbocycles. The Bertz CT molecular complexity index is 225. The van der Waals surface area contributed by atoms with Crippen molar-refractivity contribution in [1.29, 1.82) is 0 Å². The van der Waals surface area contributed by atoms with Crippen molar-refractivity contribution < 1.29 is 9.59 Å². The fraction of sp³-hybridized carbons (Fsp3) is 0.800. The van der Waals surface area contributed by atoms with Gasteiger partial charge < -0.3 is 16.4 Å². The summed E-state index contributed by atoms with van der Waals surface area (Å²) in [5, 5.41) is 5.83. The molecule has 0 saturated heterocycles. The topological polar surface area (TPSA) is 84.2 Å². The molecule has 0 bridgehead atoms. The molecule has 0 spiro atoms. The van der Waals surface area contributed by atoms with Crippen LogP contribution in [-0.2, 0) is 9.59 Å². The van der Waals surface area contributed by atoms with E-state index in [-0.39, 0.29) is 18.2 Å². The van der Waals surface area contributed by atoms with E-state index in [0.717, 1.165) is 12.8 Å². The van der Waals surface area contributed by atoms with E-state index in [0.29, 0.717) is 19.1 Å². The van der Waals surface area contributed by atoms with Crippen molar-refractivity contribution in [3.8, 4) is 0 Å². The summed E-state index contributed by atoms with van der Waals surface area (Å²) in [5.74, 6) is -0.456. The molecule has 1 aliphatic rings. The molecule has 86 valence electrons. The standard InChI is InChI=1S/C10H19N3O2/c11-9(14)5-6-12-10(15)7-13-8-3-1-2-4-8/h8,13H,1-7H2,(H2,11,14)(H,12,15). The molecule has 2 amide bonds. The Balaban J connectivity index is 2.00. The first-order valence-electron chi connectivity index (χ1n) is 5.47. The van der Waals surface area contributed by atoms with Gasteiger partial charge in [-0.05, 0) is 12.8 Å². The normalized spacial score (nSPS) is 16.5. The highest BCUT2D eigenvalue weighted by Crippen LogP contribution is 2.16. The Morgan fingerprint density at radius 2 is 1.93 bits per heavy atom. The summed E-state index contributed by atoms with van der Waals surface area (Å²) in [4.78, 5) is 21.7. The Morgan fingerprint density at radius 3 is 2.53 bits per heavy atom. The molecule has 0 aromatic carbocycles. The number of hydrogen-bond donors (Lipinski definition) is 3. The predicted octanol–water partition coefficient (Wildman–Crippen LogP) is -0.490. The Morgan fingerprint density at radius 1 is 1.27 bits per heavy atom. The molecule has 4 N–H and O–H groups in total. The monoisotopic (exact) mass is 213 g/mol. The first-order valence-corrected chi connectivity index (χ1v) is 5.47. The molecule has 0 unspecified atom stereocenters.